The van der Waals surface area contributed by atoms with E-state index in [4.69, 9.17) is 4.74 Å². The van der Waals surface area contributed by atoms with E-state index in [-0.39, 0.29) is 23.5 Å². The number of ketones is 1. The number of aliphatic hydroxyl groups is 1. The maximum absolute atomic E-state index is 12.3. The van der Waals surface area contributed by atoms with Crippen LogP contribution in [0.25, 0.3) is 0 Å². The summed E-state index contributed by atoms with van der Waals surface area (Å²) in [6, 6.07) is 9.88. The van der Waals surface area contributed by atoms with E-state index in [9.17, 15) is 14.7 Å². The standard InChI is InChI=1S/C19H23NO4/c1-19(2)11-15(21)14(17(22)16(19)18(23)24-3)12-20-10-9-13-7-5-4-6-8-13/h4-8,12,16,22H,9-11H2,1-3H3/t16-/m1/s1. The van der Waals surface area contributed by atoms with E-state index in [1.165, 1.54) is 13.3 Å². The van der Waals surface area contributed by atoms with E-state index >= 15 is 0 Å². The molecule has 128 valence electrons. The summed E-state index contributed by atoms with van der Waals surface area (Å²) in [5, 5.41) is 10.4. The first-order valence-corrected chi connectivity index (χ1v) is 7.94. The highest BCUT2D eigenvalue weighted by molar-refractivity contribution is 6.15. The average molecular weight is 329 g/mol. The molecule has 1 aliphatic rings. The van der Waals surface area contributed by atoms with Gasteiger partial charge in [-0.25, -0.2) is 0 Å². The molecule has 1 aromatic carbocycles. The number of Topliss-reactive ketones (excluding diaryl/α,β-unsaturated/α-hetero) is 1. The number of esters is 1. The summed E-state index contributed by atoms with van der Waals surface area (Å²) in [5.74, 6) is -1.84. The van der Waals surface area contributed by atoms with Crippen LogP contribution in [0, 0.1) is 11.3 Å². The van der Waals surface area contributed by atoms with Crippen molar-refractivity contribution in [1.29, 1.82) is 0 Å². The molecule has 5 nitrogen and oxygen atoms in total. The van der Waals surface area contributed by atoms with Crippen molar-refractivity contribution in [3.05, 3.63) is 47.2 Å². The molecule has 24 heavy (non-hydrogen) atoms. The first-order valence-electron chi connectivity index (χ1n) is 7.94. The van der Waals surface area contributed by atoms with Crippen molar-refractivity contribution >= 4 is 18.0 Å². The van der Waals surface area contributed by atoms with Crippen molar-refractivity contribution in [3.63, 3.8) is 0 Å². The van der Waals surface area contributed by atoms with Crippen LogP contribution in [0.5, 0.6) is 0 Å². The Morgan fingerprint density at radius 1 is 1.38 bits per heavy atom. The molecule has 0 saturated carbocycles. The van der Waals surface area contributed by atoms with E-state index < -0.39 is 17.3 Å². The predicted octanol–water partition coefficient (Wildman–Crippen LogP) is 2.90. The maximum Gasteiger partial charge on any atom is 0.316 e. The first kappa shape index (κ1) is 17.9. The summed E-state index contributed by atoms with van der Waals surface area (Å²) in [6.45, 7) is 4.04. The van der Waals surface area contributed by atoms with Crippen LogP contribution in [0.15, 0.2) is 46.7 Å². The minimum atomic E-state index is -0.851. The van der Waals surface area contributed by atoms with E-state index in [0.717, 1.165) is 12.0 Å². The van der Waals surface area contributed by atoms with Gasteiger partial charge in [0.25, 0.3) is 0 Å². The molecule has 0 amide bonds. The number of benzene rings is 1. The molecule has 5 heteroatoms. The molecule has 0 aliphatic heterocycles. The van der Waals surface area contributed by atoms with Gasteiger partial charge in [-0.15, -0.1) is 0 Å². The zero-order chi connectivity index (χ0) is 17.7. The molecular weight excluding hydrogens is 306 g/mol. The van der Waals surface area contributed by atoms with Crippen LogP contribution in [-0.4, -0.2) is 36.7 Å². The second-order valence-corrected chi connectivity index (χ2v) is 6.61. The van der Waals surface area contributed by atoms with Gasteiger partial charge in [-0.05, 0) is 17.4 Å². The molecule has 0 spiro atoms. The smallest absolute Gasteiger partial charge is 0.316 e. The highest BCUT2D eigenvalue weighted by atomic mass is 16.5. The third-order valence-electron chi connectivity index (χ3n) is 4.28. The molecular formula is C19H23NO4. The monoisotopic (exact) mass is 329 g/mol. The zero-order valence-electron chi connectivity index (χ0n) is 14.3. The first-order chi connectivity index (χ1) is 11.4. The molecule has 1 aliphatic carbocycles. The molecule has 1 N–H and O–H groups in total. The fourth-order valence-electron chi connectivity index (χ4n) is 2.96. The lowest BCUT2D eigenvalue weighted by Gasteiger charge is -2.35. The Labute approximate surface area is 142 Å². The lowest BCUT2D eigenvalue weighted by atomic mass is 9.68. The fourth-order valence-corrected chi connectivity index (χ4v) is 2.96. The van der Waals surface area contributed by atoms with Crippen LogP contribution in [0.2, 0.25) is 0 Å². The van der Waals surface area contributed by atoms with Gasteiger partial charge < -0.3 is 9.84 Å². The largest absolute Gasteiger partial charge is 0.511 e. The number of ether oxygens (including phenoxy) is 1. The summed E-state index contributed by atoms with van der Waals surface area (Å²) in [6.07, 6.45) is 2.29. The number of carbonyl (C=O) groups is 2. The van der Waals surface area contributed by atoms with Crippen LogP contribution in [0.4, 0.5) is 0 Å². The van der Waals surface area contributed by atoms with Crippen LogP contribution in [0.1, 0.15) is 25.8 Å². The lowest BCUT2D eigenvalue weighted by molar-refractivity contribution is -0.150. The third-order valence-corrected chi connectivity index (χ3v) is 4.28. The minimum Gasteiger partial charge on any atom is -0.511 e. The Morgan fingerprint density at radius 2 is 2.04 bits per heavy atom. The van der Waals surface area contributed by atoms with E-state index in [1.807, 2.05) is 30.3 Å². The summed E-state index contributed by atoms with van der Waals surface area (Å²) < 4.78 is 4.77. The molecule has 0 saturated heterocycles. The predicted molar refractivity (Wildman–Crippen MR) is 92.1 cm³/mol. The van der Waals surface area contributed by atoms with Crippen LogP contribution in [0.3, 0.4) is 0 Å². The number of hydrogen-bond donors (Lipinski definition) is 1. The summed E-state index contributed by atoms with van der Waals surface area (Å²) >= 11 is 0. The minimum absolute atomic E-state index is 0.109. The SMILES string of the molecule is COC(=O)[C@H]1C(O)=C(C=NCCc2ccccc2)C(=O)CC1(C)C. The van der Waals surface area contributed by atoms with Crippen molar-refractivity contribution in [1.82, 2.24) is 0 Å². The van der Waals surface area contributed by atoms with Gasteiger partial charge in [0.15, 0.2) is 5.78 Å². The fraction of sp³-hybridized carbons (Fsp3) is 0.421. The van der Waals surface area contributed by atoms with E-state index in [2.05, 4.69) is 4.99 Å². The zero-order valence-corrected chi connectivity index (χ0v) is 14.3. The van der Waals surface area contributed by atoms with Crippen molar-refractivity contribution in [3.8, 4) is 0 Å². The van der Waals surface area contributed by atoms with Gasteiger partial charge in [0.1, 0.15) is 11.7 Å². The number of nitrogens with zero attached hydrogens (tertiary/aromatic N) is 1. The lowest BCUT2D eigenvalue weighted by Crippen LogP contribution is -2.40. The molecule has 0 heterocycles. The molecule has 0 radical (unpaired) electrons. The Bertz CT molecular complexity index is 674. The maximum atomic E-state index is 12.3. The van der Waals surface area contributed by atoms with Gasteiger partial charge in [-0.1, -0.05) is 44.2 Å². The number of aliphatic hydroxyl groups excluding tert-OH is 1. The van der Waals surface area contributed by atoms with Crippen LogP contribution >= 0.6 is 0 Å². The molecule has 0 unspecified atom stereocenters. The Morgan fingerprint density at radius 3 is 2.67 bits per heavy atom. The van der Waals surface area contributed by atoms with Gasteiger partial charge in [0.05, 0.1) is 12.7 Å². The van der Waals surface area contributed by atoms with Gasteiger partial charge in [0, 0.05) is 19.2 Å². The average Bonchev–Trinajstić information content (AvgIpc) is 2.53. The number of hydrogen-bond acceptors (Lipinski definition) is 5. The molecule has 0 bridgehead atoms. The topological polar surface area (TPSA) is 76.0 Å². The highest BCUT2D eigenvalue weighted by Gasteiger charge is 2.46. The number of methoxy groups -OCH3 is 1. The molecule has 0 fully saturated rings. The summed E-state index contributed by atoms with van der Waals surface area (Å²) in [5.41, 5.74) is 0.574. The van der Waals surface area contributed by atoms with Gasteiger partial charge in [-0.3, -0.25) is 14.6 Å². The second-order valence-electron chi connectivity index (χ2n) is 6.61. The van der Waals surface area contributed by atoms with E-state index in [0.29, 0.717) is 6.54 Å². The van der Waals surface area contributed by atoms with E-state index in [1.54, 1.807) is 13.8 Å². The molecule has 1 atom stereocenters. The normalized spacial score (nSPS) is 20.5. The molecule has 0 aromatic heterocycles. The van der Waals surface area contributed by atoms with Gasteiger partial charge >= 0.3 is 5.97 Å². The Hall–Kier alpha value is -2.43. The number of allylic oxidation sites excluding steroid dienone is 1. The Kier molecular flexibility index (Phi) is 5.54. The van der Waals surface area contributed by atoms with Crippen LogP contribution < -0.4 is 0 Å². The van der Waals surface area contributed by atoms with Crippen molar-refractivity contribution < 1.29 is 19.4 Å². The molecule has 2 rings (SSSR count). The Balaban J connectivity index is 2.16. The van der Waals surface area contributed by atoms with Crippen molar-refractivity contribution in [2.24, 2.45) is 16.3 Å². The highest BCUT2D eigenvalue weighted by Crippen LogP contribution is 2.41. The van der Waals surface area contributed by atoms with Gasteiger partial charge in [-0.2, -0.15) is 0 Å². The van der Waals surface area contributed by atoms with Crippen molar-refractivity contribution in [2.75, 3.05) is 13.7 Å². The van der Waals surface area contributed by atoms with Gasteiger partial charge in [0.2, 0.25) is 0 Å². The third kappa shape index (κ3) is 3.91. The van der Waals surface area contributed by atoms with Crippen LogP contribution in [-0.2, 0) is 20.7 Å². The number of aliphatic imine (C=N–C) groups is 1. The number of rotatable bonds is 5. The number of carbonyl (C=O) groups excluding carboxylic acids is 2. The summed E-state index contributed by atoms with van der Waals surface area (Å²) in [7, 11) is 1.27. The quantitative estimate of drug-likeness (QED) is 0.666. The summed E-state index contributed by atoms with van der Waals surface area (Å²) in [4.78, 5) is 28.5. The molecule has 1 aromatic rings. The second kappa shape index (κ2) is 7.43. The van der Waals surface area contributed by atoms with Crippen molar-refractivity contribution in [2.45, 2.75) is 26.7 Å².